The minimum Gasteiger partial charge on any atom is -0.483 e. The lowest BCUT2D eigenvalue weighted by Crippen LogP contribution is -2.51. The second-order valence-electron chi connectivity index (χ2n) is 9.39. The molecule has 0 saturated heterocycles. The predicted octanol–water partition coefficient (Wildman–Crippen LogP) is 6.00. The first-order chi connectivity index (χ1) is 15.4. The molecule has 0 heterocycles. The Morgan fingerprint density at radius 1 is 1.06 bits per heavy atom. The van der Waals surface area contributed by atoms with E-state index < -0.39 is 6.04 Å². The number of rotatable bonds is 9. The molecule has 0 aromatic heterocycles. The zero-order chi connectivity index (χ0) is 24.8. The van der Waals surface area contributed by atoms with Gasteiger partial charge in [-0.25, -0.2) is 0 Å². The number of nitrogens with zero attached hydrogens (tertiary/aromatic N) is 1. The number of nitrogens with one attached hydrogen (secondary N) is 1. The van der Waals surface area contributed by atoms with Gasteiger partial charge in [0.1, 0.15) is 11.8 Å². The molecule has 0 aliphatic carbocycles. The van der Waals surface area contributed by atoms with Gasteiger partial charge in [-0.2, -0.15) is 0 Å². The van der Waals surface area contributed by atoms with E-state index in [4.69, 9.17) is 27.9 Å². The third kappa shape index (κ3) is 7.65. The van der Waals surface area contributed by atoms with Crippen LogP contribution in [0.15, 0.2) is 42.5 Å². The highest BCUT2D eigenvalue weighted by atomic mass is 35.5. The molecule has 180 valence electrons. The molecule has 0 spiro atoms. The lowest BCUT2D eigenvalue weighted by molar-refractivity contribution is -0.143. The zero-order valence-electron chi connectivity index (χ0n) is 20.2. The van der Waals surface area contributed by atoms with Crippen LogP contribution in [0.2, 0.25) is 10.0 Å². The van der Waals surface area contributed by atoms with E-state index in [0.29, 0.717) is 22.2 Å². The van der Waals surface area contributed by atoms with Crippen LogP contribution in [0.3, 0.4) is 0 Å². The van der Waals surface area contributed by atoms with E-state index in [0.717, 1.165) is 11.1 Å². The Kier molecular flexibility index (Phi) is 9.62. The van der Waals surface area contributed by atoms with Crippen molar-refractivity contribution in [2.75, 3.05) is 6.61 Å². The smallest absolute Gasteiger partial charge is 0.261 e. The summed E-state index contributed by atoms with van der Waals surface area (Å²) in [7, 11) is 0. The third-order valence-electron chi connectivity index (χ3n) is 5.20. The van der Waals surface area contributed by atoms with Gasteiger partial charge in [0, 0.05) is 12.6 Å². The molecule has 0 unspecified atom stereocenters. The van der Waals surface area contributed by atoms with E-state index in [-0.39, 0.29) is 36.4 Å². The maximum atomic E-state index is 13.4. The fourth-order valence-electron chi connectivity index (χ4n) is 3.57. The zero-order valence-corrected chi connectivity index (χ0v) is 21.8. The second-order valence-corrected chi connectivity index (χ2v) is 10.2. The van der Waals surface area contributed by atoms with E-state index in [1.54, 1.807) is 23.1 Å². The third-order valence-corrected chi connectivity index (χ3v) is 5.94. The maximum absolute atomic E-state index is 13.4. The fourth-order valence-corrected chi connectivity index (χ4v) is 3.89. The summed E-state index contributed by atoms with van der Waals surface area (Å²) in [5, 5.41) is 3.75. The summed E-state index contributed by atoms with van der Waals surface area (Å²) < 4.78 is 5.97. The van der Waals surface area contributed by atoms with Gasteiger partial charge in [-0.1, -0.05) is 75.2 Å². The quantitative estimate of drug-likeness (QED) is 0.466. The summed E-state index contributed by atoms with van der Waals surface area (Å²) in [6, 6.07) is 12.2. The molecule has 2 aromatic carbocycles. The Balaban J connectivity index is 2.31. The van der Waals surface area contributed by atoms with Crippen molar-refractivity contribution in [2.24, 2.45) is 0 Å². The number of carbonyl (C=O) groups is 2. The lowest BCUT2D eigenvalue weighted by atomic mass is 9.86. The highest BCUT2D eigenvalue weighted by Crippen LogP contribution is 2.31. The predicted molar refractivity (Wildman–Crippen MR) is 135 cm³/mol. The summed E-state index contributed by atoms with van der Waals surface area (Å²) in [4.78, 5) is 27.8. The number of ether oxygens (including phenoxy) is 1. The van der Waals surface area contributed by atoms with Gasteiger partial charge in [0.25, 0.3) is 5.91 Å². The first-order valence-electron chi connectivity index (χ1n) is 11.2. The second kappa shape index (κ2) is 11.8. The number of carbonyl (C=O) groups excluding carboxylic acids is 2. The molecule has 2 amide bonds. The molecule has 0 aliphatic heterocycles. The lowest BCUT2D eigenvalue weighted by Gasteiger charge is -2.31. The van der Waals surface area contributed by atoms with Crippen molar-refractivity contribution in [1.29, 1.82) is 0 Å². The number of halogens is 2. The van der Waals surface area contributed by atoms with Gasteiger partial charge in [-0.15, -0.1) is 0 Å². The van der Waals surface area contributed by atoms with E-state index in [1.165, 1.54) is 0 Å². The number of hydrogen-bond donors (Lipinski definition) is 1. The Morgan fingerprint density at radius 3 is 2.30 bits per heavy atom. The van der Waals surface area contributed by atoms with E-state index >= 15 is 0 Å². The van der Waals surface area contributed by atoms with Crippen LogP contribution < -0.4 is 10.1 Å². The average Bonchev–Trinajstić information content (AvgIpc) is 2.73. The van der Waals surface area contributed by atoms with Crippen molar-refractivity contribution in [2.45, 2.75) is 72.0 Å². The standard InChI is InChI=1S/C26H34Cl2N2O3/c1-7-22(25(32)29-17(2)3)30(15-18-12-13-20(27)21(28)14-18)24(31)16-33-23-11-9-8-10-19(23)26(4,5)6/h8-14,17,22H,7,15-16H2,1-6H3,(H,29,32)/t22-/m0/s1. The maximum Gasteiger partial charge on any atom is 0.261 e. The van der Waals surface area contributed by atoms with Crippen molar-refractivity contribution in [3.8, 4) is 5.75 Å². The molecule has 2 rings (SSSR count). The van der Waals surface area contributed by atoms with Gasteiger partial charge in [-0.05, 0) is 55.0 Å². The van der Waals surface area contributed by atoms with Crippen LogP contribution in [0.25, 0.3) is 0 Å². The van der Waals surface area contributed by atoms with Gasteiger partial charge in [-0.3, -0.25) is 9.59 Å². The summed E-state index contributed by atoms with van der Waals surface area (Å²) in [5.74, 6) is 0.180. The number of para-hydroxylation sites is 1. The normalized spacial score (nSPS) is 12.4. The summed E-state index contributed by atoms with van der Waals surface area (Å²) >= 11 is 12.2. The number of hydrogen-bond acceptors (Lipinski definition) is 3. The summed E-state index contributed by atoms with van der Waals surface area (Å²) in [5.41, 5.74) is 1.66. The Labute approximate surface area is 207 Å². The van der Waals surface area contributed by atoms with Gasteiger partial charge >= 0.3 is 0 Å². The number of amides is 2. The molecule has 0 fully saturated rings. The van der Waals surface area contributed by atoms with E-state index in [2.05, 4.69) is 26.1 Å². The topological polar surface area (TPSA) is 58.6 Å². The van der Waals surface area contributed by atoms with Crippen LogP contribution in [0, 0.1) is 0 Å². The van der Waals surface area contributed by atoms with Crippen LogP contribution in [0.4, 0.5) is 0 Å². The molecule has 2 aromatic rings. The molecule has 0 aliphatic rings. The molecule has 0 bridgehead atoms. The molecule has 0 saturated carbocycles. The van der Waals surface area contributed by atoms with E-state index in [1.807, 2.05) is 45.0 Å². The molecule has 1 atom stereocenters. The highest BCUT2D eigenvalue weighted by Gasteiger charge is 2.30. The van der Waals surface area contributed by atoms with Crippen molar-refractivity contribution in [3.63, 3.8) is 0 Å². The fraction of sp³-hybridized carbons (Fsp3) is 0.462. The van der Waals surface area contributed by atoms with Gasteiger partial charge in [0.2, 0.25) is 5.91 Å². The molecule has 7 heteroatoms. The Hall–Kier alpha value is -2.24. The van der Waals surface area contributed by atoms with Gasteiger partial charge in [0.15, 0.2) is 6.61 Å². The molecule has 1 N–H and O–H groups in total. The minimum absolute atomic E-state index is 0.0385. The van der Waals surface area contributed by atoms with Crippen LogP contribution in [0.5, 0.6) is 5.75 Å². The Bertz CT molecular complexity index is 970. The molecule has 0 radical (unpaired) electrons. The van der Waals surface area contributed by atoms with Crippen LogP contribution >= 0.6 is 23.2 Å². The van der Waals surface area contributed by atoms with Crippen LogP contribution in [0.1, 0.15) is 59.1 Å². The average molecular weight is 493 g/mol. The van der Waals surface area contributed by atoms with Gasteiger partial charge < -0.3 is 15.0 Å². The molecule has 5 nitrogen and oxygen atoms in total. The van der Waals surface area contributed by atoms with E-state index in [9.17, 15) is 9.59 Å². The molecular weight excluding hydrogens is 459 g/mol. The molecular formula is C26H34Cl2N2O3. The highest BCUT2D eigenvalue weighted by molar-refractivity contribution is 6.42. The minimum atomic E-state index is -0.643. The van der Waals surface area contributed by atoms with Gasteiger partial charge in [0.05, 0.1) is 10.0 Å². The van der Waals surface area contributed by atoms with Crippen molar-refractivity contribution < 1.29 is 14.3 Å². The van der Waals surface area contributed by atoms with Crippen molar-refractivity contribution >= 4 is 35.0 Å². The van der Waals surface area contributed by atoms with Crippen LogP contribution in [-0.4, -0.2) is 35.4 Å². The SMILES string of the molecule is CC[C@@H](C(=O)NC(C)C)N(Cc1ccc(Cl)c(Cl)c1)C(=O)COc1ccccc1C(C)(C)C. The first-order valence-corrected chi connectivity index (χ1v) is 12.0. The van der Waals surface area contributed by atoms with Crippen molar-refractivity contribution in [3.05, 3.63) is 63.6 Å². The summed E-state index contributed by atoms with van der Waals surface area (Å²) in [6.45, 7) is 12.0. The molecule has 33 heavy (non-hydrogen) atoms. The van der Waals surface area contributed by atoms with Crippen molar-refractivity contribution in [1.82, 2.24) is 10.2 Å². The van der Waals surface area contributed by atoms with Crippen LogP contribution in [-0.2, 0) is 21.5 Å². The summed E-state index contributed by atoms with van der Waals surface area (Å²) in [6.07, 6.45) is 0.462. The monoisotopic (exact) mass is 492 g/mol. The largest absolute Gasteiger partial charge is 0.483 e. The Morgan fingerprint density at radius 2 is 1.73 bits per heavy atom. The number of benzene rings is 2. The first kappa shape index (κ1) is 27.0.